The van der Waals surface area contributed by atoms with Crippen LogP contribution in [-0.2, 0) is 9.59 Å². The molecule has 0 aliphatic heterocycles. The smallest absolute Gasteiger partial charge is 0.329 e. The fraction of sp³-hybridized carbons (Fsp3) is 0.0556. The number of carbonyl (C=O) groups is 2. The van der Waals surface area contributed by atoms with Crippen molar-refractivity contribution >= 4 is 39.6 Å². The molecule has 7 heteroatoms. The first-order valence-electron chi connectivity index (χ1n) is 7.32. The van der Waals surface area contributed by atoms with Crippen molar-refractivity contribution in [3.63, 3.8) is 0 Å². The van der Waals surface area contributed by atoms with Crippen LogP contribution in [0.5, 0.6) is 5.75 Å². The number of rotatable bonds is 6. The molecule has 0 heterocycles. The summed E-state index contributed by atoms with van der Waals surface area (Å²) in [6, 6.07) is 14.0. The molecule has 6 nitrogen and oxygen atoms in total. The van der Waals surface area contributed by atoms with Crippen LogP contribution in [0.25, 0.3) is 0 Å². The Labute approximate surface area is 153 Å². The summed E-state index contributed by atoms with van der Waals surface area (Å²) in [5.41, 5.74) is 3.40. The summed E-state index contributed by atoms with van der Waals surface area (Å²) in [7, 11) is 0. The van der Waals surface area contributed by atoms with Gasteiger partial charge in [0.25, 0.3) is 0 Å². The second kappa shape index (κ2) is 9.39. The largest absolute Gasteiger partial charge is 0.490 e. The Morgan fingerprint density at radius 3 is 2.72 bits per heavy atom. The maximum absolute atomic E-state index is 11.8. The van der Waals surface area contributed by atoms with E-state index in [9.17, 15) is 9.59 Å². The lowest BCUT2D eigenvalue weighted by atomic mass is 10.2. The quantitative estimate of drug-likeness (QED) is 0.337. The van der Waals surface area contributed by atoms with Crippen molar-refractivity contribution in [3.05, 3.63) is 71.2 Å². The second-order valence-corrected chi connectivity index (χ2v) is 5.75. The molecule has 0 saturated carbocycles. The van der Waals surface area contributed by atoms with Crippen LogP contribution in [0, 0.1) is 0 Å². The first-order valence-corrected chi connectivity index (χ1v) is 8.11. The molecular formula is C18H16BrN3O3. The summed E-state index contributed by atoms with van der Waals surface area (Å²) in [6.07, 6.45) is 3.07. The van der Waals surface area contributed by atoms with Gasteiger partial charge in [-0.2, -0.15) is 5.10 Å². The number of hydrogen-bond donors (Lipinski definition) is 2. The normalized spacial score (nSPS) is 10.3. The van der Waals surface area contributed by atoms with E-state index in [2.05, 4.69) is 38.4 Å². The van der Waals surface area contributed by atoms with Crippen LogP contribution in [0.3, 0.4) is 0 Å². The van der Waals surface area contributed by atoms with Gasteiger partial charge in [0.2, 0.25) is 0 Å². The maximum Gasteiger partial charge on any atom is 0.329 e. The third-order valence-electron chi connectivity index (χ3n) is 2.89. The highest BCUT2D eigenvalue weighted by atomic mass is 79.9. The van der Waals surface area contributed by atoms with Crippen LogP contribution in [0.4, 0.5) is 5.69 Å². The van der Waals surface area contributed by atoms with Gasteiger partial charge in [0.05, 0.1) is 6.21 Å². The minimum Gasteiger partial charge on any atom is -0.490 e. The van der Waals surface area contributed by atoms with Gasteiger partial charge in [-0.25, -0.2) is 5.43 Å². The topological polar surface area (TPSA) is 79.8 Å². The number of carbonyl (C=O) groups excluding carboxylic acids is 2. The van der Waals surface area contributed by atoms with Crippen molar-refractivity contribution in [2.45, 2.75) is 0 Å². The predicted molar refractivity (Wildman–Crippen MR) is 101 cm³/mol. The highest BCUT2D eigenvalue weighted by molar-refractivity contribution is 9.10. The first-order chi connectivity index (χ1) is 12.1. The molecule has 0 unspecified atom stereocenters. The number of amides is 2. The van der Waals surface area contributed by atoms with E-state index >= 15 is 0 Å². The average Bonchev–Trinajstić information content (AvgIpc) is 2.60. The molecule has 0 bridgehead atoms. The lowest BCUT2D eigenvalue weighted by molar-refractivity contribution is -0.136. The second-order valence-electron chi connectivity index (χ2n) is 4.84. The van der Waals surface area contributed by atoms with Crippen LogP contribution < -0.4 is 15.5 Å². The first kappa shape index (κ1) is 18.4. The molecule has 128 valence electrons. The average molecular weight is 402 g/mol. The van der Waals surface area contributed by atoms with Gasteiger partial charge in [0.15, 0.2) is 0 Å². The fourth-order valence-corrected chi connectivity index (χ4v) is 2.21. The lowest BCUT2D eigenvalue weighted by Crippen LogP contribution is -2.32. The monoisotopic (exact) mass is 401 g/mol. The van der Waals surface area contributed by atoms with Gasteiger partial charge in [-0.1, -0.05) is 46.8 Å². The Morgan fingerprint density at radius 2 is 1.96 bits per heavy atom. The molecule has 0 saturated heterocycles. The molecule has 0 atom stereocenters. The highest BCUT2D eigenvalue weighted by Crippen LogP contribution is 2.15. The van der Waals surface area contributed by atoms with Crippen molar-refractivity contribution in [1.29, 1.82) is 0 Å². The minimum absolute atomic E-state index is 0.396. The van der Waals surface area contributed by atoms with E-state index in [1.165, 1.54) is 6.21 Å². The van der Waals surface area contributed by atoms with Crippen molar-refractivity contribution in [1.82, 2.24) is 5.43 Å². The van der Waals surface area contributed by atoms with Gasteiger partial charge in [0.1, 0.15) is 12.4 Å². The third-order valence-corrected chi connectivity index (χ3v) is 3.39. The minimum atomic E-state index is -0.865. The Bertz CT molecular complexity index is 806. The molecule has 0 aliphatic carbocycles. The maximum atomic E-state index is 11.8. The zero-order chi connectivity index (χ0) is 18.1. The number of halogens is 1. The van der Waals surface area contributed by atoms with Gasteiger partial charge < -0.3 is 10.1 Å². The van der Waals surface area contributed by atoms with E-state index in [1.807, 2.05) is 6.07 Å². The van der Waals surface area contributed by atoms with Crippen molar-refractivity contribution < 1.29 is 14.3 Å². The number of ether oxygens (including phenoxy) is 1. The Morgan fingerprint density at radius 1 is 1.16 bits per heavy atom. The number of anilines is 1. The Hall–Kier alpha value is -2.93. The van der Waals surface area contributed by atoms with Crippen LogP contribution in [0.2, 0.25) is 0 Å². The molecule has 2 aromatic rings. The summed E-state index contributed by atoms with van der Waals surface area (Å²) in [5, 5.41) is 6.25. The molecule has 2 amide bonds. The Balaban J connectivity index is 1.89. The molecule has 0 fully saturated rings. The predicted octanol–water partition coefficient (Wildman–Crippen LogP) is 3.10. The lowest BCUT2D eigenvalue weighted by Gasteiger charge is -2.04. The summed E-state index contributed by atoms with van der Waals surface area (Å²) < 4.78 is 6.20. The Kier molecular flexibility index (Phi) is 6.91. The van der Waals surface area contributed by atoms with E-state index in [4.69, 9.17) is 4.74 Å². The van der Waals surface area contributed by atoms with Gasteiger partial charge in [-0.15, -0.1) is 0 Å². The molecule has 0 spiro atoms. The number of benzene rings is 2. The number of hydrogen-bond acceptors (Lipinski definition) is 4. The highest BCUT2D eigenvalue weighted by Gasteiger charge is 2.12. The van der Waals surface area contributed by atoms with E-state index in [0.29, 0.717) is 23.6 Å². The van der Waals surface area contributed by atoms with Crippen molar-refractivity contribution in [2.75, 3.05) is 11.9 Å². The van der Waals surface area contributed by atoms with Crippen LogP contribution >= 0.6 is 15.9 Å². The molecule has 2 N–H and O–H groups in total. The SMILES string of the molecule is C=CCOc1cccc(C=NNC(=O)C(=O)Nc2cccc(Br)c2)c1. The van der Waals surface area contributed by atoms with Crippen LogP contribution in [0.15, 0.2) is 70.8 Å². The van der Waals surface area contributed by atoms with Gasteiger partial charge >= 0.3 is 11.8 Å². The van der Waals surface area contributed by atoms with E-state index in [-0.39, 0.29) is 0 Å². The molecule has 0 aliphatic rings. The molecule has 25 heavy (non-hydrogen) atoms. The van der Waals surface area contributed by atoms with E-state index in [0.717, 1.165) is 4.47 Å². The van der Waals surface area contributed by atoms with E-state index in [1.54, 1.807) is 48.5 Å². The van der Waals surface area contributed by atoms with Crippen molar-refractivity contribution in [3.8, 4) is 5.75 Å². The van der Waals surface area contributed by atoms with Crippen LogP contribution in [-0.4, -0.2) is 24.6 Å². The third kappa shape index (κ3) is 6.23. The molecule has 0 aromatic heterocycles. The van der Waals surface area contributed by atoms with Gasteiger partial charge in [-0.3, -0.25) is 9.59 Å². The number of nitrogens with zero attached hydrogens (tertiary/aromatic N) is 1. The number of nitrogens with one attached hydrogen (secondary N) is 2. The van der Waals surface area contributed by atoms with Crippen molar-refractivity contribution in [2.24, 2.45) is 5.10 Å². The van der Waals surface area contributed by atoms with E-state index < -0.39 is 11.8 Å². The summed E-state index contributed by atoms with van der Waals surface area (Å²) in [5.74, 6) is -1.02. The van der Waals surface area contributed by atoms with Gasteiger partial charge in [0, 0.05) is 10.2 Å². The van der Waals surface area contributed by atoms with Gasteiger partial charge in [-0.05, 0) is 35.9 Å². The zero-order valence-corrected chi connectivity index (χ0v) is 14.8. The summed E-state index contributed by atoms with van der Waals surface area (Å²) in [6.45, 7) is 3.98. The summed E-state index contributed by atoms with van der Waals surface area (Å²) in [4.78, 5) is 23.5. The molecular weight excluding hydrogens is 386 g/mol. The van der Waals surface area contributed by atoms with Crippen LogP contribution in [0.1, 0.15) is 5.56 Å². The standard InChI is InChI=1S/C18H16BrN3O3/c1-2-9-25-16-8-3-5-13(10-16)12-20-22-18(24)17(23)21-15-7-4-6-14(19)11-15/h2-8,10-12H,1,9H2,(H,21,23)(H,22,24). The fourth-order valence-electron chi connectivity index (χ4n) is 1.81. The molecule has 2 rings (SSSR count). The number of hydrazone groups is 1. The molecule has 0 radical (unpaired) electrons. The summed E-state index contributed by atoms with van der Waals surface area (Å²) >= 11 is 3.29. The molecule has 2 aromatic carbocycles. The zero-order valence-electron chi connectivity index (χ0n) is 13.2.